The van der Waals surface area contributed by atoms with E-state index in [-0.39, 0.29) is 0 Å². The molecule has 2 N–H and O–H groups in total. The summed E-state index contributed by atoms with van der Waals surface area (Å²) in [7, 11) is 1.69. The van der Waals surface area contributed by atoms with Gasteiger partial charge in [-0.3, -0.25) is 0 Å². The Labute approximate surface area is 107 Å². The van der Waals surface area contributed by atoms with E-state index in [0.717, 1.165) is 31.8 Å². The Hall–Kier alpha value is -0.710. The summed E-state index contributed by atoms with van der Waals surface area (Å²) in [6, 6.07) is 6.11. The average molecular weight is 253 g/mol. The van der Waals surface area contributed by atoms with Crippen molar-refractivity contribution in [2.45, 2.75) is 29.5 Å². The lowest BCUT2D eigenvalue weighted by Gasteiger charge is -2.22. The minimum Gasteiger partial charge on any atom is -0.497 e. The average Bonchev–Trinajstić information content (AvgIpc) is 2.40. The van der Waals surface area contributed by atoms with Crippen molar-refractivity contribution in [3.63, 3.8) is 0 Å². The van der Waals surface area contributed by atoms with Gasteiger partial charge in [0.05, 0.1) is 7.11 Å². The molecule has 1 aromatic carbocycles. The SMILES string of the molecule is COc1ccc(CN)c(SC2CCOCC2)c1. The molecule has 1 heterocycles. The van der Waals surface area contributed by atoms with Crippen LogP contribution in [-0.2, 0) is 11.3 Å². The summed E-state index contributed by atoms with van der Waals surface area (Å²) in [5, 5.41) is 0.640. The first-order valence-corrected chi connectivity index (χ1v) is 6.83. The Morgan fingerprint density at radius 2 is 2.18 bits per heavy atom. The van der Waals surface area contributed by atoms with E-state index in [9.17, 15) is 0 Å². The van der Waals surface area contributed by atoms with Gasteiger partial charge in [0.2, 0.25) is 0 Å². The molecular weight excluding hydrogens is 234 g/mol. The normalized spacial score (nSPS) is 17.1. The summed E-state index contributed by atoms with van der Waals surface area (Å²) < 4.78 is 10.6. The lowest BCUT2D eigenvalue weighted by Crippen LogP contribution is -2.17. The third-order valence-corrected chi connectivity index (χ3v) is 4.39. The molecule has 1 aliphatic heterocycles. The summed E-state index contributed by atoms with van der Waals surface area (Å²) in [5.41, 5.74) is 6.97. The van der Waals surface area contributed by atoms with Crippen molar-refractivity contribution in [3.8, 4) is 5.75 Å². The molecule has 94 valence electrons. The lowest BCUT2D eigenvalue weighted by atomic mass is 10.2. The molecule has 2 rings (SSSR count). The van der Waals surface area contributed by atoms with Crippen molar-refractivity contribution in [1.29, 1.82) is 0 Å². The summed E-state index contributed by atoms with van der Waals surface area (Å²) in [5.74, 6) is 0.900. The first-order valence-electron chi connectivity index (χ1n) is 5.95. The van der Waals surface area contributed by atoms with E-state index in [0.29, 0.717) is 11.8 Å². The van der Waals surface area contributed by atoms with Crippen LogP contribution in [0, 0.1) is 0 Å². The smallest absolute Gasteiger partial charge is 0.119 e. The molecule has 0 saturated carbocycles. The van der Waals surface area contributed by atoms with Crippen LogP contribution in [0.4, 0.5) is 0 Å². The fourth-order valence-corrected chi connectivity index (χ4v) is 3.19. The molecule has 0 aliphatic carbocycles. The van der Waals surface area contributed by atoms with Gasteiger partial charge in [0, 0.05) is 29.9 Å². The highest BCUT2D eigenvalue weighted by atomic mass is 32.2. The number of nitrogens with two attached hydrogens (primary N) is 1. The molecule has 0 radical (unpaired) electrons. The van der Waals surface area contributed by atoms with Crippen LogP contribution in [0.15, 0.2) is 23.1 Å². The number of thioether (sulfide) groups is 1. The Morgan fingerprint density at radius 1 is 1.41 bits per heavy atom. The molecule has 0 aromatic heterocycles. The number of benzene rings is 1. The molecule has 1 aromatic rings. The Bertz CT molecular complexity index is 364. The van der Waals surface area contributed by atoms with Gasteiger partial charge in [0.1, 0.15) is 5.75 Å². The van der Waals surface area contributed by atoms with Gasteiger partial charge in [0.25, 0.3) is 0 Å². The van der Waals surface area contributed by atoms with E-state index in [4.69, 9.17) is 15.2 Å². The third kappa shape index (κ3) is 3.37. The molecule has 0 unspecified atom stereocenters. The topological polar surface area (TPSA) is 44.5 Å². The standard InChI is InChI=1S/C13H19NO2S/c1-15-11-3-2-10(9-14)13(8-11)17-12-4-6-16-7-5-12/h2-3,8,12H,4-7,9,14H2,1H3. The molecule has 0 atom stereocenters. The molecule has 3 nitrogen and oxygen atoms in total. The molecular formula is C13H19NO2S. The first-order chi connectivity index (χ1) is 8.33. The van der Waals surface area contributed by atoms with Crippen LogP contribution >= 0.6 is 11.8 Å². The van der Waals surface area contributed by atoms with Crippen LogP contribution in [0.2, 0.25) is 0 Å². The van der Waals surface area contributed by atoms with E-state index in [1.165, 1.54) is 10.5 Å². The van der Waals surface area contributed by atoms with Gasteiger partial charge in [-0.2, -0.15) is 0 Å². The van der Waals surface area contributed by atoms with Crippen molar-refractivity contribution in [3.05, 3.63) is 23.8 Å². The van der Waals surface area contributed by atoms with Crippen LogP contribution in [0.5, 0.6) is 5.75 Å². The maximum Gasteiger partial charge on any atom is 0.119 e. The second-order valence-electron chi connectivity index (χ2n) is 4.11. The van der Waals surface area contributed by atoms with E-state index < -0.39 is 0 Å². The predicted octanol–water partition coefficient (Wildman–Crippen LogP) is 2.43. The summed E-state index contributed by atoms with van der Waals surface area (Å²) in [6.45, 7) is 2.33. The van der Waals surface area contributed by atoms with Crippen molar-refractivity contribution in [2.24, 2.45) is 5.73 Å². The predicted molar refractivity (Wildman–Crippen MR) is 70.6 cm³/mol. The maximum atomic E-state index is 5.77. The van der Waals surface area contributed by atoms with Gasteiger partial charge < -0.3 is 15.2 Å². The van der Waals surface area contributed by atoms with Crippen molar-refractivity contribution in [1.82, 2.24) is 0 Å². The molecule has 0 bridgehead atoms. The zero-order valence-electron chi connectivity index (χ0n) is 10.1. The number of hydrogen-bond donors (Lipinski definition) is 1. The molecule has 1 aliphatic rings. The zero-order valence-corrected chi connectivity index (χ0v) is 11.0. The van der Waals surface area contributed by atoms with Gasteiger partial charge in [-0.25, -0.2) is 0 Å². The van der Waals surface area contributed by atoms with Crippen LogP contribution in [-0.4, -0.2) is 25.6 Å². The van der Waals surface area contributed by atoms with Crippen molar-refractivity contribution < 1.29 is 9.47 Å². The maximum absolute atomic E-state index is 5.77. The van der Waals surface area contributed by atoms with E-state index in [2.05, 4.69) is 12.1 Å². The summed E-state index contributed by atoms with van der Waals surface area (Å²) in [4.78, 5) is 1.25. The Morgan fingerprint density at radius 3 is 2.82 bits per heavy atom. The molecule has 0 spiro atoms. The highest BCUT2D eigenvalue weighted by molar-refractivity contribution is 8.00. The van der Waals surface area contributed by atoms with Gasteiger partial charge in [0.15, 0.2) is 0 Å². The number of hydrogen-bond acceptors (Lipinski definition) is 4. The fraction of sp³-hybridized carbons (Fsp3) is 0.538. The van der Waals surface area contributed by atoms with Crippen LogP contribution < -0.4 is 10.5 Å². The van der Waals surface area contributed by atoms with Gasteiger partial charge >= 0.3 is 0 Å². The van der Waals surface area contributed by atoms with Crippen LogP contribution in [0.3, 0.4) is 0 Å². The van der Waals surface area contributed by atoms with Crippen LogP contribution in [0.25, 0.3) is 0 Å². The van der Waals surface area contributed by atoms with E-state index in [1.807, 2.05) is 17.8 Å². The second kappa shape index (κ2) is 6.28. The minimum atomic E-state index is 0.579. The Balaban J connectivity index is 2.11. The fourth-order valence-electron chi connectivity index (χ4n) is 1.91. The quantitative estimate of drug-likeness (QED) is 0.895. The van der Waals surface area contributed by atoms with E-state index in [1.54, 1.807) is 7.11 Å². The number of rotatable bonds is 4. The van der Waals surface area contributed by atoms with Gasteiger partial charge in [-0.1, -0.05) is 6.07 Å². The van der Waals surface area contributed by atoms with Crippen molar-refractivity contribution >= 4 is 11.8 Å². The van der Waals surface area contributed by atoms with Crippen LogP contribution in [0.1, 0.15) is 18.4 Å². The number of methoxy groups -OCH3 is 1. The number of ether oxygens (including phenoxy) is 2. The largest absolute Gasteiger partial charge is 0.497 e. The van der Waals surface area contributed by atoms with Gasteiger partial charge in [-0.05, 0) is 30.5 Å². The lowest BCUT2D eigenvalue weighted by molar-refractivity contribution is 0.1000. The highest BCUT2D eigenvalue weighted by Gasteiger charge is 2.16. The highest BCUT2D eigenvalue weighted by Crippen LogP contribution is 2.34. The molecule has 0 amide bonds. The van der Waals surface area contributed by atoms with Crippen molar-refractivity contribution in [2.75, 3.05) is 20.3 Å². The zero-order chi connectivity index (χ0) is 12.1. The summed E-state index contributed by atoms with van der Waals surface area (Å²) in [6.07, 6.45) is 2.23. The third-order valence-electron chi connectivity index (χ3n) is 2.96. The molecule has 1 saturated heterocycles. The Kier molecular flexibility index (Phi) is 4.71. The molecule has 17 heavy (non-hydrogen) atoms. The van der Waals surface area contributed by atoms with E-state index >= 15 is 0 Å². The molecule has 1 fully saturated rings. The minimum absolute atomic E-state index is 0.579. The summed E-state index contributed by atoms with van der Waals surface area (Å²) >= 11 is 1.91. The molecule has 4 heteroatoms. The first kappa shape index (κ1) is 12.7. The monoisotopic (exact) mass is 253 g/mol. The second-order valence-corrected chi connectivity index (χ2v) is 5.45. The van der Waals surface area contributed by atoms with Gasteiger partial charge in [-0.15, -0.1) is 11.8 Å².